The van der Waals surface area contributed by atoms with Crippen LogP contribution in [0.15, 0.2) is 72.9 Å². The lowest BCUT2D eigenvalue weighted by Gasteiger charge is -2.06. The highest BCUT2D eigenvalue weighted by molar-refractivity contribution is 7.26. The van der Waals surface area contributed by atoms with Gasteiger partial charge in [0.2, 0.25) is 5.69 Å². The third-order valence-corrected chi connectivity index (χ3v) is 6.25. The molecule has 2 aromatic heterocycles. The number of hydrogen-bond acceptors (Lipinski definition) is 1. The number of aryl methyl sites for hydroxylation is 2. The van der Waals surface area contributed by atoms with E-state index in [4.69, 9.17) is 0 Å². The number of hydrogen-bond donors (Lipinski definition) is 0. The average molecular weight is 340 g/mol. The first-order valence-corrected chi connectivity index (χ1v) is 9.34. The molecule has 1 nitrogen and oxygen atoms in total. The molecule has 0 unspecified atom stereocenters. The van der Waals surface area contributed by atoms with Gasteiger partial charge in [-0.05, 0) is 29.3 Å². The molecule has 0 radical (unpaired) electrons. The first-order valence-electron chi connectivity index (χ1n) is 8.52. The second-order valence-electron chi connectivity index (χ2n) is 6.59. The summed E-state index contributed by atoms with van der Waals surface area (Å²) in [7, 11) is 2.14. The molecule has 0 saturated carbocycles. The van der Waals surface area contributed by atoms with Crippen LogP contribution < -0.4 is 4.57 Å². The fourth-order valence-electron chi connectivity index (χ4n) is 3.80. The summed E-state index contributed by atoms with van der Waals surface area (Å²) in [6.07, 6.45) is 2.18. The Morgan fingerprint density at radius 2 is 1.60 bits per heavy atom. The van der Waals surface area contributed by atoms with E-state index in [1.54, 1.807) is 0 Å². The van der Waals surface area contributed by atoms with Crippen molar-refractivity contribution >= 4 is 42.3 Å². The van der Waals surface area contributed by atoms with Crippen molar-refractivity contribution in [2.45, 2.75) is 6.92 Å². The maximum Gasteiger partial charge on any atom is 0.221 e. The zero-order valence-electron chi connectivity index (χ0n) is 14.3. The minimum Gasteiger partial charge on any atom is -0.200 e. The number of benzene rings is 3. The van der Waals surface area contributed by atoms with E-state index >= 15 is 0 Å². The van der Waals surface area contributed by atoms with Crippen molar-refractivity contribution in [2.24, 2.45) is 7.05 Å². The standard InChI is InChI=1S/C23H18NS/c1-15-7-3-5-9-17(15)22-21-19-12-11-16-8-4-6-10-18(16)23(19)25-20(21)13-14-24(22)2/h3-14H,1-2H3/q+1. The van der Waals surface area contributed by atoms with Crippen molar-refractivity contribution < 1.29 is 4.57 Å². The Labute approximate surface area is 150 Å². The van der Waals surface area contributed by atoms with E-state index in [-0.39, 0.29) is 0 Å². The summed E-state index contributed by atoms with van der Waals surface area (Å²) in [5.41, 5.74) is 3.92. The van der Waals surface area contributed by atoms with Crippen LogP contribution in [0.25, 0.3) is 42.2 Å². The van der Waals surface area contributed by atoms with Gasteiger partial charge in [-0.2, -0.15) is 0 Å². The van der Waals surface area contributed by atoms with Gasteiger partial charge < -0.3 is 0 Å². The van der Waals surface area contributed by atoms with Crippen molar-refractivity contribution in [1.29, 1.82) is 0 Å². The number of thiophene rings is 1. The monoisotopic (exact) mass is 340 g/mol. The van der Waals surface area contributed by atoms with Crippen LogP contribution in [-0.4, -0.2) is 0 Å². The second kappa shape index (κ2) is 5.40. The highest BCUT2D eigenvalue weighted by atomic mass is 32.1. The van der Waals surface area contributed by atoms with E-state index in [1.165, 1.54) is 47.8 Å². The average Bonchev–Trinajstić information content (AvgIpc) is 3.02. The van der Waals surface area contributed by atoms with Gasteiger partial charge in [0.1, 0.15) is 7.05 Å². The molecule has 2 heteroatoms. The summed E-state index contributed by atoms with van der Waals surface area (Å²) >= 11 is 1.90. The molecule has 0 saturated heterocycles. The van der Waals surface area contributed by atoms with E-state index in [0.717, 1.165) is 0 Å². The van der Waals surface area contributed by atoms with E-state index in [0.29, 0.717) is 0 Å². The Morgan fingerprint density at radius 3 is 2.48 bits per heavy atom. The molecule has 5 aromatic rings. The molecule has 0 bridgehead atoms. The summed E-state index contributed by atoms with van der Waals surface area (Å²) in [6.45, 7) is 2.19. The molecule has 0 atom stereocenters. The fraction of sp³-hybridized carbons (Fsp3) is 0.0870. The number of nitrogens with zero attached hydrogens (tertiary/aromatic N) is 1. The first-order chi connectivity index (χ1) is 12.2. The van der Waals surface area contributed by atoms with Gasteiger partial charge in [-0.3, -0.25) is 0 Å². The molecule has 0 spiro atoms. The second-order valence-corrected chi connectivity index (χ2v) is 7.65. The minimum atomic E-state index is 1.30. The SMILES string of the molecule is Cc1ccccc1-c1c2c(cc[n+]1C)sc1c3ccccc3ccc12. The van der Waals surface area contributed by atoms with Crippen molar-refractivity contribution in [3.8, 4) is 11.3 Å². The maximum absolute atomic E-state index is 2.29. The van der Waals surface area contributed by atoms with Crippen molar-refractivity contribution in [1.82, 2.24) is 0 Å². The van der Waals surface area contributed by atoms with Gasteiger partial charge in [-0.25, -0.2) is 4.57 Å². The molecule has 0 amide bonds. The molecule has 2 heterocycles. The van der Waals surface area contributed by atoms with Gasteiger partial charge >= 0.3 is 0 Å². The fourth-order valence-corrected chi connectivity index (χ4v) is 5.03. The molecule has 0 aliphatic rings. The predicted octanol–water partition coefficient (Wildman–Crippen LogP) is 6.01. The largest absolute Gasteiger partial charge is 0.221 e. The van der Waals surface area contributed by atoms with E-state index in [2.05, 4.69) is 91.5 Å². The van der Waals surface area contributed by atoms with Gasteiger partial charge in [0.15, 0.2) is 6.20 Å². The third kappa shape index (κ3) is 2.11. The number of pyridine rings is 1. The molecule has 0 fully saturated rings. The Balaban J connectivity index is 2.00. The molecule has 25 heavy (non-hydrogen) atoms. The Morgan fingerprint density at radius 1 is 0.800 bits per heavy atom. The minimum absolute atomic E-state index is 1.30. The Hall–Kier alpha value is -2.71. The molecule has 0 aliphatic heterocycles. The third-order valence-electron chi connectivity index (χ3n) is 5.05. The van der Waals surface area contributed by atoms with Gasteiger partial charge in [0.25, 0.3) is 0 Å². The lowest BCUT2D eigenvalue weighted by molar-refractivity contribution is -0.659. The van der Waals surface area contributed by atoms with E-state index < -0.39 is 0 Å². The Kier molecular flexibility index (Phi) is 3.16. The highest BCUT2D eigenvalue weighted by Gasteiger charge is 2.21. The van der Waals surface area contributed by atoms with Crippen LogP contribution in [0.2, 0.25) is 0 Å². The van der Waals surface area contributed by atoms with Gasteiger partial charge in [0, 0.05) is 26.4 Å². The zero-order valence-corrected chi connectivity index (χ0v) is 15.1. The van der Waals surface area contributed by atoms with Crippen molar-refractivity contribution in [3.63, 3.8) is 0 Å². The molecule has 120 valence electrons. The summed E-state index contributed by atoms with van der Waals surface area (Å²) in [4.78, 5) is 0. The van der Waals surface area contributed by atoms with Crippen LogP contribution in [0.4, 0.5) is 0 Å². The molecule has 0 aliphatic carbocycles. The van der Waals surface area contributed by atoms with E-state index in [9.17, 15) is 0 Å². The van der Waals surface area contributed by atoms with Crippen molar-refractivity contribution in [2.75, 3.05) is 0 Å². The van der Waals surface area contributed by atoms with Gasteiger partial charge in [0.05, 0.1) is 5.39 Å². The van der Waals surface area contributed by atoms with Crippen LogP contribution in [-0.2, 0) is 7.05 Å². The smallest absolute Gasteiger partial charge is 0.200 e. The maximum atomic E-state index is 2.29. The molecule has 0 N–H and O–H groups in total. The molecule has 5 rings (SSSR count). The van der Waals surface area contributed by atoms with Crippen LogP contribution >= 0.6 is 11.3 Å². The molecular weight excluding hydrogens is 322 g/mol. The van der Waals surface area contributed by atoms with Crippen LogP contribution in [0, 0.1) is 6.92 Å². The van der Waals surface area contributed by atoms with E-state index in [1.807, 2.05) is 11.3 Å². The first kappa shape index (κ1) is 14.6. The zero-order chi connectivity index (χ0) is 17.0. The normalized spacial score (nSPS) is 11.6. The molecule has 3 aromatic carbocycles. The summed E-state index contributed by atoms with van der Waals surface area (Å²) in [5.74, 6) is 0. The number of rotatable bonds is 1. The van der Waals surface area contributed by atoms with Crippen molar-refractivity contribution in [3.05, 3.63) is 78.5 Å². The predicted molar refractivity (Wildman–Crippen MR) is 108 cm³/mol. The topological polar surface area (TPSA) is 3.88 Å². The quantitative estimate of drug-likeness (QED) is 0.329. The summed E-state index contributed by atoms with van der Waals surface area (Å²) < 4.78 is 4.99. The highest BCUT2D eigenvalue weighted by Crippen LogP contribution is 2.41. The summed E-state index contributed by atoms with van der Waals surface area (Å²) in [6, 6.07) is 24.1. The van der Waals surface area contributed by atoms with Gasteiger partial charge in [-0.1, -0.05) is 54.6 Å². The number of fused-ring (bicyclic) bond motifs is 5. The lowest BCUT2D eigenvalue weighted by atomic mass is 9.99. The van der Waals surface area contributed by atoms with Crippen LogP contribution in [0.1, 0.15) is 5.56 Å². The van der Waals surface area contributed by atoms with Gasteiger partial charge in [-0.15, -0.1) is 11.3 Å². The molecular formula is C23H18NS+. The van der Waals surface area contributed by atoms with Crippen LogP contribution in [0.5, 0.6) is 0 Å². The Bertz CT molecular complexity index is 1260. The lowest BCUT2D eigenvalue weighted by Crippen LogP contribution is -2.30. The van der Waals surface area contributed by atoms with Crippen LogP contribution in [0.3, 0.4) is 0 Å². The number of aromatic nitrogens is 1. The summed E-state index contributed by atoms with van der Waals surface area (Å²) in [5, 5.41) is 5.38.